The van der Waals surface area contributed by atoms with E-state index in [4.69, 9.17) is 4.74 Å². The summed E-state index contributed by atoms with van der Waals surface area (Å²) in [5, 5.41) is 5.36. The zero-order valence-electron chi connectivity index (χ0n) is 11.3. The average Bonchev–Trinajstić information content (AvgIpc) is 2.27. The topological polar surface area (TPSA) is 67.4 Å². The van der Waals surface area contributed by atoms with Gasteiger partial charge in [0, 0.05) is 12.1 Å². The van der Waals surface area contributed by atoms with Gasteiger partial charge in [-0.3, -0.25) is 4.79 Å². The fraction of sp³-hybridized carbons (Fsp3) is 0.429. The number of para-hydroxylation sites is 1. The van der Waals surface area contributed by atoms with Crippen molar-refractivity contribution in [2.45, 2.75) is 38.8 Å². The number of rotatable bonds is 1. The fourth-order valence-electron chi connectivity index (χ4n) is 1.92. The number of ether oxygens (including phenoxy) is 1. The van der Waals surface area contributed by atoms with E-state index in [9.17, 15) is 9.59 Å². The van der Waals surface area contributed by atoms with Gasteiger partial charge in [0.1, 0.15) is 11.6 Å². The zero-order chi connectivity index (χ0) is 14.0. The van der Waals surface area contributed by atoms with E-state index in [2.05, 4.69) is 10.6 Å². The number of nitrogens with one attached hydrogen (secondary N) is 2. The molecule has 1 aliphatic rings. The summed E-state index contributed by atoms with van der Waals surface area (Å²) < 4.78 is 5.15. The molecule has 2 N–H and O–H groups in total. The minimum Gasteiger partial charge on any atom is -0.444 e. The number of benzene rings is 1. The molecular weight excluding hydrogens is 244 g/mol. The summed E-state index contributed by atoms with van der Waals surface area (Å²) in [7, 11) is 0. The van der Waals surface area contributed by atoms with Crippen molar-refractivity contribution in [1.29, 1.82) is 0 Å². The molecule has 1 aliphatic heterocycles. The molecule has 102 valence electrons. The van der Waals surface area contributed by atoms with Gasteiger partial charge in [0.05, 0.1) is 0 Å². The van der Waals surface area contributed by atoms with Gasteiger partial charge in [0.25, 0.3) is 0 Å². The monoisotopic (exact) mass is 262 g/mol. The molecule has 0 aliphatic carbocycles. The van der Waals surface area contributed by atoms with Gasteiger partial charge in [-0.2, -0.15) is 0 Å². The third kappa shape index (κ3) is 3.47. The lowest BCUT2D eigenvalue weighted by atomic mass is 9.99. The van der Waals surface area contributed by atoms with Crippen LogP contribution in [0, 0.1) is 0 Å². The van der Waals surface area contributed by atoms with E-state index < -0.39 is 17.7 Å². The van der Waals surface area contributed by atoms with Crippen LogP contribution in [-0.2, 0) is 16.0 Å². The minimum absolute atomic E-state index is 0.218. The quantitative estimate of drug-likeness (QED) is 0.814. The maximum absolute atomic E-state index is 11.9. The molecule has 0 aromatic heterocycles. The Hall–Kier alpha value is -2.04. The van der Waals surface area contributed by atoms with E-state index in [1.54, 1.807) is 20.8 Å². The number of carbonyl (C=O) groups is 2. The van der Waals surface area contributed by atoms with Crippen LogP contribution in [0.25, 0.3) is 0 Å². The highest BCUT2D eigenvalue weighted by Crippen LogP contribution is 2.22. The van der Waals surface area contributed by atoms with Crippen LogP contribution in [0.1, 0.15) is 26.3 Å². The van der Waals surface area contributed by atoms with Crippen LogP contribution >= 0.6 is 0 Å². The van der Waals surface area contributed by atoms with Crippen molar-refractivity contribution in [3.05, 3.63) is 29.8 Å². The van der Waals surface area contributed by atoms with E-state index in [0.717, 1.165) is 11.3 Å². The van der Waals surface area contributed by atoms with Crippen molar-refractivity contribution in [3.63, 3.8) is 0 Å². The molecule has 1 heterocycles. The second-order valence-corrected chi connectivity index (χ2v) is 5.55. The Labute approximate surface area is 112 Å². The number of hydrogen-bond donors (Lipinski definition) is 2. The Morgan fingerprint density at radius 2 is 2.05 bits per heavy atom. The number of alkyl carbamates (subject to hydrolysis) is 1. The molecule has 5 heteroatoms. The molecule has 1 aromatic rings. The van der Waals surface area contributed by atoms with Gasteiger partial charge in [-0.1, -0.05) is 18.2 Å². The number of anilines is 1. The van der Waals surface area contributed by atoms with Crippen molar-refractivity contribution < 1.29 is 14.3 Å². The number of hydrogen-bond acceptors (Lipinski definition) is 3. The van der Waals surface area contributed by atoms with Crippen molar-refractivity contribution in [2.75, 3.05) is 5.32 Å². The van der Waals surface area contributed by atoms with Crippen LogP contribution in [0.3, 0.4) is 0 Å². The second-order valence-electron chi connectivity index (χ2n) is 5.55. The van der Waals surface area contributed by atoms with Crippen molar-refractivity contribution in [3.8, 4) is 0 Å². The Morgan fingerprint density at radius 3 is 2.74 bits per heavy atom. The van der Waals surface area contributed by atoms with E-state index in [0.29, 0.717) is 6.42 Å². The third-order valence-corrected chi connectivity index (χ3v) is 2.71. The third-order valence-electron chi connectivity index (χ3n) is 2.71. The summed E-state index contributed by atoms with van der Waals surface area (Å²) in [6.07, 6.45) is -0.103. The summed E-state index contributed by atoms with van der Waals surface area (Å²) in [6, 6.07) is 6.95. The second kappa shape index (κ2) is 4.91. The molecule has 2 amide bonds. The lowest BCUT2D eigenvalue weighted by molar-refractivity contribution is -0.118. The molecule has 19 heavy (non-hydrogen) atoms. The number of carbonyl (C=O) groups excluding carboxylic acids is 2. The molecule has 0 spiro atoms. The van der Waals surface area contributed by atoms with Gasteiger partial charge in [-0.25, -0.2) is 4.79 Å². The lowest BCUT2D eigenvalue weighted by Crippen LogP contribution is -2.49. The minimum atomic E-state index is -0.593. The summed E-state index contributed by atoms with van der Waals surface area (Å²) in [6.45, 7) is 5.34. The molecular formula is C14H18N2O3. The number of fused-ring (bicyclic) bond motifs is 1. The van der Waals surface area contributed by atoms with Crippen molar-refractivity contribution in [2.24, 2.45) is 0 Å². The molecule has 5 nitrogen and oxygen atoms in total. The van der Waals surface area contributed by atoms with Gasteiger partial charge in [0.2, 0.25) is 5.91 Å². The van der Waals surface area contributed by atoms with E-state index in [-0.39, 0.29) is 5.91 Å². The van der Waals surface area contributed by atoms with Gasteiger partial charge < -0.3 is 15.4 Å². The van der Waals surface area contributed by atoms with E-state index in [1.165, 1.54) is 0 Å². The largest absolute Gasteiger partial charge is 0.444 e. The first kappa shape index (κ1) is 13.4. The molecule has 0 radical (unpaired) electrons. The van der Waals surface area contributed by atoms with Gasteiger partial charge in [-0.05, 0) is 32.4 Å². The maximum atomic E-state index is 11.9. The Balaban J connectivity index is 2.03. The van der Waals surface area contributed by atoms with E-state index >= 15 is 0 Å². The highest BCUT2D eigenvalue weighted by molar-refractivity contribution is 5.99. The lowest BCUT2D eigenvalue weighted by Gasteiger charge is -2.27. The molecule has 1 unspecified atom stereocenters. The van der Waals surface area contributed by atoms with Crippen LogP contribution in [0.4, 0.5) is 10.5 Å². The SMILES string of the molecule is CC(C)(C)OC(=O)NC1Cc2ccccc2NC1=O. The molecule has 0 saturated heterocycles. The van der Waals surface area contributed by atoms with Crippen LogP contribution in [-0.4, -0.2) is 23.6 Å². The standard InChI is InChI=1S/C14H18N2O3/c1-14(2,3)19-13(18)16-11-8-9-6-4-5-7-10(9)15-12(11)17/h4-7,11H,8H2,1-3H3,(H,15,17)(H,16,18). The zero-order valence-corrected chi connectivity index (χ0v) is 11.3. The summed E-state index contributed by atoms with van der Waals surface area (Å²) >= 11 is 0. The van der Waals surface area contributed by atoms with Gasteiger partial charge in [-0.15, -0.1) is 0 Å². The molecule has 1 atom stereocenters. The highest BCUT2D eigenvalue weighted by Gasteiger charge is 2.28. The Morgan fingerprint density at radius 1 is 1.37 bits per heavy atom. The smallest absolute Gasteiger partial charge is 0.408 e. The summed E-state index contributed by atoms with van der Waals surface area (Å²) in [5.41, 5.74) is 1.23. The first-order chi connectivity index (χ1) is 8.85. The molecule has 0 saturated carbocycles. The predicted octanol–water partition coefficient (Wildman–Crippen LogP) is 2.07. The average molecular weight is 262 g/mol. The molecule has 0 fully saturated rings. The van der Waals surface area contributed by atoms with Crippen molar-refractivity contribution >= 4 is 17.7 Å². The highest BCUT2D eigenvalue weighted by atomic mass is 16.6. The number of amides is 2. The molecule has 0 bridgehead atoms. The van der Waals surface area contributed by atoms with Gasteiger partial charge >= 0.3 is 6.09 Å². The van der Waals surface area contributed by atoms with Gasteiger partial charge in [0.15, 0.2) is 0 Å². The fourth-order valence-corrected chi connectivity index (χ4v) is 1.92. The van der Waals surface area contributed by atoms with Crippen LogP contribution in [0.2, 0.25) is 0 Å². The summed E-state index contributed by atoms with van der Waals surface area (Å²) in [4.78, 5) is 23.5. The first-order valence-electron chi connectivity index (χ1n) is 6.23. The Kier molecular flexibility index (Phi) is 3.46. The first-order valence-corrected chi connectivity index (χ1v) is 6.23. The van der Waals surface area contributed by atoms with Crippen LogP contribution in [0.5, 0.6) is 0 Å². The molecule has 2 rings (SSSR count). The Bertz CT molecular complexity index is 506. The van der Waals surface area contributed by atoms with Crippen LogP contribution in [0.15, 0.2) is 24.3 Å². The van der Waals surface area contributed by atoms with Crippen LogP contribution < -0.4 is 10.6 Å². The normalized spacial score (nSPS) is 18.3. The molecule has 1 aromatic carbocycles. The van der Waals surface area contributed by atoms with E-state index in [1.807, 2.05) is 24.3 Å². The summed E-state index contributed by atoms with van der Waals surface area (Å²) in [5.74, 6) is -0.218. The maximum Gasteiger partial charge on any atom is 0.408 e. The van der Waals surface area contributed by atoms with Crippen molar-refractivity contribution in [1.82, 2.24) is 5.32 Å². The predicted molar refractivity (Wildman–Crippen MR) is 71.9 cm³/mol.